The van der Waals surface area contributed by atoms with E-state index in [-0.39, 0.29) is 30.1 Å². The third kappa shape index (κ3) is 6.01. The van der Waals surface area contributed by atoms with Crippen LogP contribution in [0.1, 0.15) is 40.5 Å². The minimum Gasteiger partial charge on any atom is -0.461 e. The number of nitrogens with two attached hydrogens (primary N) is 1. The van der Waals surface area contributed by atoms with Crippen LogP contribution in [-0.2, 0) is 0 Å². The Morgan fingerprint density at radius 3 is 2.60 bits per heavy atom. The summed E-state index contributed by atoms with van der Waals surface area (Å²) in [6.07, 6.45) is 1.66. The molecule has 4 N–H and O–H groups in total. The van der Waals surface area contributed by atoms with E-state index in [4.69, 9.17) is 15.6 Å². The lowest BCUT2D eigenvalue weighted by Gasteiger charge is -2.24. The molecule has 1 aromatic rings. The first-order valence-electron chi connectivity index (χ1n) is 6.85. The molecular formula is C13H25N5O2. The molecule has 0 aliphatic rings. The number of anilines is 2. The second kappa shape index (κ2) is 7.23. The Labute approximate surface area is 120 Å². The van der Waals surface area contributed by atoms with Gasteiger partial charge in [0.15, 0.2) is 0 Å². The minimum absolute atomic E-state index is 0.0226. The molecule has 0 fully saturated rings. The third-order valence-corrected chi connectivity index (χ3v) is 2.71. The monoisotopic (exact) mass is 283 g/mol. The average molecular weight is 283 g/mol. The normalized spacial score (nSPS) is 11.7. The lowest BCUT2D eigenvalue weighted by molar-refractivity contribution is 0.222. The van der Waals surface area contributed by atoms with Crippen molar-refractivity contribution in [1.29, 1.82) is 0 Å². The Morgan fingerprint density at radius 2 is 2.00 bits per heavy atom. The molecule has 7 heteroatoms. The van der Waals surface area contributed by atoms with Gasteiger partial charge in [0, 0.05) is 13.2 Å². The highest BCUT2D eigenvalue weighted by molar-refractivity contribution is 5.32. The molecule has 0 atom stereocenters. The Hall–Kier alpha value is -1.63. The summed E-state index contributed by atoms with van der Waals surface area (Å²) in [7, 11) is 0. The van der Waals surface area contributed by atoms with Gasteiger partial charge >= 0.3 is 6.01 Å². The zero-order valence-electron chi connectivity index (χ0n) is 12.7. The van der Waals surface area contributed by atoms with Crippen molar-refractivity contribution in [1.82, 2.24) is 15.0 Å². The van der Waals surface area contributed by atoms with Crippen LogP contribution >= 0.6 is 0 Å². The quantitative estimate of drug-likeness (QED) is 0.663. The smallest absolute Gasteiger partial charge is 0.323 e. The highest BCUT2D eigenvalue weighted by atomic mass is 16.5. The Kier molecular flexibility index (Phi) is 5.94. The zero-order chi connectivity index (χ0) is 15.2. The Morgan fingerprint density at radius 1 is 1.30 bits per heavy atom. The summed E-state index contributed by atoms with van der Waals surface area (Å²) < 4.78 is 5.42. The number of hydrogen-bond acceptors (Lipinski definition) is 7. The molecule has 1 heterocycles. The van der Waals surface area contributed by atoms with Crippen molar-refractivity contribution in [3.8, 4) is 6.01 Å². The molecular weight excluding hydrogens is 258 g/mol. The predicted molar refractivity (Wildman–Crippen MR) is 78.6 cm³/mol. The SMILES string of the molecule is CC(C)Oc1nc(N)nc(NCC(C)(C)CCCO)n1. The van der Waals surface area contributed by atoms with Crippen LogP contribution in [-0.4, -0.2) is 39.3 Å². The van der Waals surface area contributed by atoms with Gasteiger partial charge in [-0.2, -0.15) is 15.0 Å². The molecule has 0 bridgehead atoms. The summed E-state index contributed by atoms with van der Waals surface area (Å²) >= 11 is 0. The van der Waals surface area contributed by atoms with E-state index < -0.39 is 0 Å². The van der Waals surface area contributed by atoms with E-state index in [1.165, 1.54) is 0 Å². The van der Waals surface area contributed by atoms with Gasteiger partial charge in [-0.1, -0.05) is 13.8 Å². The maximum absolute atomic E-state index is 8.89. The molecule has 20 heavy (non-hydrogen) atoms. The van der Waals surface area contributed by atoms with Crippen LogP contribution in [0.15, 0.2) is 0 Å². The number of nitrogen functional groups attached to an aromatic ring is 1. The van der Waals surface area contributed by atoms with Crippen molar-refractivity contribution in [2.45, 2.75) is 46.6 Å². The fourth-order valence-electron chi connectivity index (χ4n) is 1.68. The number of hydrogen-bond donors (Lipinski definition) is 3. The highest BCUT2D eigenvalue weighted by Crippen LogP contribution is 2.22. The molecule has 0 aromatic carbocycles. The maximum Gasteiger partial charge on any atom is 0.323 e. The number of aliphatic hydroxyl groups is 1. The summed E-state index contributed by atoms with van der Waals surface area (Å²) in [6.45, 7) is 8.90. The molecule has 114 valence electrons. The number of nitrogens with zero attached hydrogens (tertiary/aromatic N) is 3. The van der Waals surface area contributed by atoms with Crippen molar-refractivity contribution in [2.24, 2.45) is 5.41 Å². The van der Waals surface area contributed by atoms with Crippen LogP contribution in [0.5, 0.6) is 6.01 Å². The van der Waals surface area contributed by atoms with Gasteiger partial charge in [0.05, 0.1) is 6.10 Å². The summed E-state index contributed by atoms with van der Waals surface area (Å²) in [5.41, 5.74) is 5.67. The van der Waals surface area contributed by atoms with Gasteiger partial charge in [-0.15, -0.1) is 0 Å². The Balaban J connectivity index is 2.65. The fourth-order valence-corrected chi connectivity index (χ4v) is 1.68. The molecule has 0 unspecified atom stereocenters. The minimum atomic E-state index is -0.0226. The van der Waals surface area contributed by atoms with Crippen LogP contribution in [0.25, 0.3) is 0 Å². The summed E-state index contributed by atoms with van der Waals surface area (Å²) in [5.74, 6) is 0.538. The topological polar surface area (TPSA) is 106 Å². The van der Waals surface area contributed by atoms with Crippen LogP contribution in [0, 0.1) is 5.41 Å². The molecule has 1 aromatic heterocycles. The van der Waals surface area contributed by atoms with E-state index >= 15 is 0 Å². The molecule has 0 spiro atoms. The molecule has 0 radical (unpaired) electrons. The fraction of sp³-hybridized carbons (Fsp3) is 0.769. The number of rotatable bonds is 8. The van der Waals surface area contributed by atoms with E-state index in [2.05, 4.69) is 34.1 Å². The van der Waals surface area contributed by atoms with Crippen molar-refractivity contribution in [2.75, 3.05) is 24.2 Å². The van der Waals surface area contributed by atoms with Crippen molar-refractivity contribution in [3.05, 3.63) is 0 Å². The number of aromatic nitrogens is 3. The second-order valence-corrected chi connectivity index (χ2v) is 5.81. The highest BCUT2D eigenvalue weighted by Gasteiger charge is 2.18. The van der Waals surface area contributed by atoms with Crippen molar-refractivity contribution >= 4 is 11.9 Å². The zero-order valence-corrected chi connectivity index (χ0v) is 12.7. The van der Waals surface area contributed by atoms with Gasteiger partial charge in [0.2, 0.25) is 11.9 Å². The van der Waals surface area contributed by atoms with Gasteiger partial charge in [0.25, 0.3) is 0 Å². The summed E-state index contributed by atoms with van der Waals surface area (Å²) in [6, 6.07) is 0.225. The largest absolute Gasteiger partial charge is 0.461 e. The predicted octanol–water partition coefficient (Wildman–Crippen LogP) is 1.45. The first kappa shape index (κ1) is 16.4. The van der Waals surface area contributed by atoms with E-state index in [0.29, 0.717) is 12.5 Å². The van der Waals surface area contributed by atoms with Gasteiger partial charge in [-0.05, 0) is 32.1 Å². The second-order valence-electron chi connectivity index (χ2n) is 5.81. The number of nitrogens with one attached hydrogen (secondary N) is 1. The van der Waals surface area contributed by atoms with Crippen LogP contribution < -0.4 is 15.8 Å². The average Bonchev–Trinajstić information content (AvgIpc) is 2.33. The lowest BCUT2D eigenvalue weighted by atomic mass is 9.88. The van der Waals surface area contributed by atoms with Crippen molar-refractivity contribution in [3.63, 3.8) is 0 Å². The third-order valence-electron chi connectivity index (χ3n) is 2.71. The molecule has 0 saturated carbocycles. The van der Waals surface area contributed by atoms with Gasteiger partial charge in [-0.3, -0.25) is 0 Å². The molecule has 0 amide bonds. The summed E-state index contributed by atoms with van der Waals surface area (Å²) in [5, 5.41) is 12.0. The van der Waals surface area contributed by atoms with Gasteiger partial charge < -0.3 is 20.9 Å². The summed E-state index contributed by atoms with van der Waals surface area (Å²) in [4.78, 5) is 12.1. The van der Waals surface area contributed by atoms with E-state index in [1.54, 1.807) is 0 Å². The number of ether oxygens (including phenoxy) is 1. The molecule has 0 aliphatic heterocycles. The van der Waals surface area contributed by atoms with Crippen molar-refractivity contribution < 1.29 is 9.84 Å². The number of aliphatic hydroxyl groups excluding tert-OH is 1. The molecule has 0 aliphatic carbocycles. The van der Waals surface area contributed by atoms with Crippen LogP contribution in [0.2, 0.25) is 0 Å². The van der Waals surface area contributed by atoms with Gasteiger partial charge in [0.1, 0.15) is 0 Å². The molecule has 1 rings (SSSR count). The Bertz CT molecular complexity index is 423. The van der Waals surface area contributed by atoms with Crippen LogP contribution in [0.3, 0.4) is 0 Å². The molecule has 7 nitrogen and oxygen atoms in total. The van der Waals surface area contributed by atoms with E-state index in [0.717, 1.165) is 12.8 Å². The van der Waals surface area contributed by atoms with Gasteiger partial charge in [-0.25, -0.2) is 0 Å². The first-order valence-corrected chi connectivity index (χ1v) is 6.85. The van der Waals surface area contributed by atoms with E-state index in [9.17, 15) is 0 Å². The van der Waals surface area contributed by atoms with E-state index in [1.807, 2.05) is 13.8 Å². The standard InChI is InChI=1S/C13H25N5O2/c1-9(2)20-12-17-10(14)16-11(18-12)15-8-13(3,4)6-5-7-19/h9,19H,5-8H2,1-4H3,(H3,14,15,16,17,18). The first-order chi connectivity index (χ1) is 9.32. The van der Waals surface area contributed by atoms with Crippen LogP contribution in [0.4, 0.5) is 11.9 Å². The maximum atomic E-state index is 8.89. The molecule has 0 saturated heterocycles. The lowest BCUT2D eigenvalue weighted by Crippen LogP contribution is -2.24.